The Hall–Kier alpha value is -1.51. The molecular formula is C13H21N3O5. The van der Waals surface area contributed by atoms with Crippen LogP contribution in [0.15, 0.2) is 0 Å². The summed E-state index contributed by atoms with van der Waals surface area (Å²) in [6.07, 6.45) is 3.37. The van der Waals surface area contributed by atoms with Crippen LogP contribution in [-0.4, -0.2) is 59.3 Å². The number of ether oxygens (including phenoxy) is 3. The molecule has 118 valence electrons. The Labute approximate surface area is 123 Å². The molecular weight excluding hydrogens is 278 g/mol. The minimum Gasteiger partial charge on any atom is -0.476 e. The Bertz CT molecular complexity index is 457. The van der Waals surface area contributed by atoms with E-state index in [4.69, 9.17) is 19.3 Å². The molecule has 1 aliphatic rings. The van der Waals surface area contributed by atoms with Gasteiger partial charge in [-0.05, 0) is 19.3 Å². The Morgan fingerprint density at radius 3 is 3.00 bits per heavy atom. The number of aromatic carboxylic acids is 1. The van der Waals surface area contributed by atoms with Gasteiger partial charge in [0.1, 0.15) is 0 Å². The third kappa shape index (κ3) is 4.48. The molecule has 8 heteroatoms. The van der Waals surface area contributed by atoms with E-state index in [1.54, 1.807) is 11.8 Å². The van der Waals surface area contributed by atoms with Crippen LogP contribution < -0.4 is 0 Å². The average Bonchev–Trinajstić information content (AvgIpc) is 2.89. The predicted octanol–water partition coefficient (Wildman–Crippen LogP) is 0.708. The maximum atomic E-state index is 11.1. The van der Waals surface area contributed by atoms with E-state index in [9.17, 15) is 4.79 Å². The van der Waals surface area contributed by atoms with Crippen molar-refractivity contribution in [2.24, 2.45) is 0 Å². The lowest BCUT2D eigenvalue weighted by Crippen LogP contribution is -2.24. The van der Waals surface area contributed by atoms with Crippen molar-refractivity contribution in [3.63, 3.8) is 0 Å². The highest BCUT2D eigenvalue weighted by Gasteiger charge is 2.19. The highest BCUT2D eigenvalue weighted by Crippen LogP contribution is 2.14. The van der Waals surface area contributed by atoms with Crippen LogP contribution in [0.5, 0.6) is 0 Å². The quantitative estimate of drug-likeness (QED) is 0.755. The zero-order valence-electron chi connectivity index (χ0n) is 12.2. The number of rotatable bonds is 8. The van der Waals surface area contributed by atoms with E-state index in [0.717, 1.165) is 25.9 Å². The fourth-order valence-electron chi connectivity index (χ4n) is 2.24. The van der Waals surface area contributed by atoms with Crippen molar-refractivity contribution in [3.8, 4) is 0 Å². The smallest absolute Gasteiger partial charge is 0.358 e. The molecule has 1 aliphatic heterocycles. The summed E-state index contributed by atoms with van der Waals surface area (Å²) in [5.41, 5.74) is 0.526. The van der Waals surface area contributed by atoms with Gasteiger partial charge in [-0.3, -0.25) is 0 Å². The molecule has 0 spiro atoms. The van der Waals surface area contributed by atoms with Crippen LogP contribution in [0.2, 0.25) is 0 Å². The Morgan fingerprint density at radius 2 is 2.33 bits per heavy atom. The predicted molar refractivity (Wildman–Crippen MR) is 72.1 cm³/mol. The molecule has 1 unspecified atom stereocenters. The number of methoxy groups -OCH3 is 1. The zero-order chi connectivity index (χ0) is 15.1. The Kier molecular flexibility index (Phi) is 6.09. The van der Waals surface area contributed by atoms with Crippen LogP contribution in [0.3, 0.4) is 0 Å². The number of nitrogens with zero attached hydrogens (tertiary/aromatic N) is 3. The highest BCUT2D eigenvalue weighted by molar-refractivity contribution is 5.86. The summed E-state index contributed by atoms with van der Waals surface area (Å²) in [6, 6.07) is 0. The summed E-state index contributed by atoms with van der Waals surface area (Å²) in [6.45, 7) is 2.00. The van der Waals surface area contributed by atoms with Gasteiger partial charge in [0, 0.05) is 20.1 Å². The van der Waals surface area contributed by atoms with Crippen LogP contribution in [-0.2, 0) is 27.2 Å². The maximum Gasteiger partial charge on any atom is 0.358 e. The molecule has 1 saturated heterocycles. The molecule has 0 radical (unpaired) electrons. The SMILES string of the molecule is COCCc1c(C(=O)O)nnn1CCOC1CCCCO1. The Morgan fingerprint density at radius 1 is 1.48 bits per heavy atom. The van der Waals surface area contributed by atoms with Gasteiger partial charge in [0.15, 0.2) is 12.0 Å². The number of carbonyl (C=O) groups is 1. The van der Waals surface area contributed by atoms with Crippen molar-refractivity contribution in [2.45, 2.75) is 38.5 Å². The number of carboxylic acid groups (broad SMARTS) is 1. The number of hydrogen-bond donors (Lipinski definition) is 1. The second kappa shape index (κ2) is 8.06. The average molecular weight is 299 g/mol. The van der Waals surface area contributed by atoms with Crippen molar-refractivity contribution in [1.29, 1.82) is 0 Å². The molecule has 8 nitrogen and oxygen atoms in total. The first-order chi connectivity index (χ1) is 10.2. The van der Waals surface area contributed by atoms with Gasteiger partial charge in [0.2, 0.25) is 0 Å². The molecule has 1 aromatic rings. The van der Waals surface area contributed by atoms with Crippen molar-refractivity contribution in [1.82, 2.24) is 15.0 Å². The molecule has 1 atom stereocenters. The van der Waals surface area contributed by atoms with Gasteiger partial charge >= 0.3 is 5.97 Å². The molecule has 0 amide bonds. The van der Waals surface area contributed by atoms with Gasteiger partial charge in [-0.2, -0.15) is 0 Å². The van der Waals surface area contributed by atoms with Crippen LogP contribution in [0.4, 0.5) is 0 Å². The lowest BCUT2D eigenvalue weighted by molar-refractivity contribution is -0.163. The summed E-state index contributed by atoms with van der Waals surface area (Å²) in [7, 11) is 1.57. The van der Waals surface area contributed by atoms with Crippen LogP contribution in [0, 0.1) is 0 Å². The van der Waals surface area contributed by atoms with Gasteiger partial charge in [-0.25, -0.2) is 9.48 Å². The summed E-state index contributed by atoms with van der Waals surface area (Å²) in [4.78, 5) is 11.1. The van der Waals surface area contributed by atoms with E-state index in [2.05, 4.69) is 10.3 Å². The first-order valence-corrected chi connectivity index (χ1v) is 7.10. The van der Waals surface area contributed by atoms with Gasteiger partial charge < -0.3 is 19.3 Å². The molecule has 0 saturated carbocycles. The van der Waals surface area contributed by atoms with Crippen molar-refractivity contribution in [3.05, 3.63) is 11.4 Å². The van der Waals surface area contributed by atoms with Gasteiger partial charge in [0.05, 0.1) is 25.5 Å². The standard InChI is InChI=1S/C13H21N3O5/c1-19-8-5-10-12(13(17)18)14-15-16(10)6-9-21-11-4-2-3-7-20-11/h11H,2-9H2,1H3,(H,17,18). The third-order valence-corrected chi connectivity index (χ3v) is 3.33. The summed E-state index contributed by atoms with van der Waals surface area (Å²) in [5.74, 6) is -1.08. The van der Waals surface area contributed by atoms with Gasteiger partial charge in [-0.1, -0.05) is 5.21 Å². The van der Waals surface area contributed by atoms with E-state index in [1.807, 2.05) is 0 Å². The molecule has 2 rings (SSSR count). The maximum absolute atomic E-state index is 11.1. The lowest BCUT2D eigenvalue weighted by atomic mass is 10.2. The van der Waals surface area contributed by atoms with E-state index < -0.39 is 5.97 Å². The van der Waals surface area contributed by atoms with Crippen molar-refractivity contribution in [2.75, 3.05) is 26.9 Å². The molecule has 0 aromatic carbocycles. The van der Waals surface area contributed by atoms with Gasteiger partial charge in [0.25, 0.3) is 0 Å². The molecule has 1 aromatic heterocycles. The molecule has 1 N–H and O–H groups in total. The molecule has 1 fully saturated rings. The second-order valence-electron chi connectivity index (χ2n) is 4.82. The largest absolute Gasteiger partial charge is 0.476 e. The second-order valence-corrected chi connectivity index (χ2v) is 4.82. The monoisotopic (exact) mass is 299 g/mol. The van der Waals surface area contributed by atoms with Crippen molar-refractivity contribution < 1.29 is 24.1 Å². The number of aromatic nitrogens is 3. The summed E-state index contributed by atoms with van der Waals surface area (Å²) in [5, 5.41) is 16.7. The minimum atomic E-state index is -1.08. The van der Waals surface area contributed by atoms with E-state index in [-0.39, 0.29) is 12.0 Å². The summed E-state index contributed by atoms with van der Waals surface area (Å²) >= 11 is 0. The van der Waals surface area contributed by atoms with Crippen LogP contribution in [0.1, 0.15) is 35.4 Å². The minimum absolute atomic E-state index is 0.0269. The highest BCUT2D eigenvalue weighted by atomic mass is 16.7. The third-order valence-electron chi connectivity index (χ3n) is 3.33. The van der Waals surface area contributed by atoms with Crippen LogP contribution in [0.25, 0.3) is 0 Å². The normalized spacial score (nSPS) is 18.8. The van der Waals surface area contributed by atoms with Crippen LogP contribution >= 0.6 is 0 Å². The molecule has 2 heterocycles. The molecule has 21 heavy (non-hydrogen) atoms. The fraction of sp³-hybridized carbons (Fsp3) is 0.769. The molecule has 0 bridgehead atoms. The molecule has 0 aliphatic carbocycles. The summed E-state index contributed by atoms with van der Waals surface area (Å²) < 4.78 is 17.7. The van der Waals surface area contributed by atoms with E-state index in [1.165, 1.54) is 0 Å². The number of carboxylic acids is 1. The van der Waals surface area contributed by atoms with Crippen molar-refractivity contribution >= 4 is 5.97 Å². The topological polar surface area (TPSA) is 95.7 Å². The Balaban J connectivity index is 1.90. The lowest BCUT2D eigenvalue weighted by Gasteiger charge is -2.22. The fourth-order valence-corrected chi connectivity index (χ4v) is 2.24. The van der Waals surface area contributed by atoms with Gasteiger partial charge in [-0.15, -0.1) is 5.10 Å². The number of hydrogen-bond acceptors (Lipinski definition) is 6. The first kappa shape index (κ1) is 15.9. The zero-order valence-corrected chi connectivity index (χ0v) is 12.2. The van der Waals surface area contributed by atoms with E-state index >= 15 is 0 Å². The van der Waals surface area contributed by atoms with E-state index in [0.29, 0.717) is 31.9 Å². The first-order valence-electron chi connectivity index (χ1n) is 7.10.